The predicted molar refractivity (Wildman–Crippen MR) is 84.4 cm³/mol. The summed E-state index contributed by atoms with van der Waals surface area (Å²) in [7, 11) is 3.20. The van der Waals surface area contributed by atoms with Gasteiger partial charge in [0, 0.05) is 66.2 Å². The van der Waals surface area contributed by atoms with E-state index >= 15 is 0 Å². The van der Waals surface area contributed by atoms with Crippen LogP contribution in [-0.2, 0) is 9.59 Å². The molecule has 0 rings (SSSR count). The second-order valence-electron chi connectivity index (χ2n) is 4.98. The number of hydrogen-bond acceptors (Lipinski definition) is 6. The maximum atomic E-state index is 11.4. The fourth-order valence-electron chi connectivity index (χ4n) is 2.01. The highest BCUT2D eigenvalue weighted by Gasteiger charge is 2.12. The van der Waals surface area contributed by atoms with Crippen molar-refractivity contribution >= 4 is 11.8 Å². The SMILES string of the molecule is CNC(=O)CCN(CCC(=O)NC)CCN(CCO)CCO. The van der Waals surface area contributed by atoms with Gasteiger partial charge in [-0.3, -0.25) is 14.5 Å². The van der Waals surface area contributed by atoms with E-state index in [9.17, 15) is 9.59 Å². The van der Waals surface area contributed by atoms with E-state index in [-0.39, 0.29) is 25.0 Å². The Bertz CT molecular complexity index is 289. The zero-order chi connectivity index (χ0) is 16.8. The summed E-state index contributed by atoms with van der Waals surface area (Å²) in [5, 5.41) is 23.2. The molecule has 0 spiro atoms. The summed E-state index contributed by atoms with van der Waals surface area (Å²) >= 11 is 0. The number of carbonyl (C=O) groups is 2. The zero-order valence-electron chi connectivity index (χ0n) is 13.7. The number of nitrogens with zero attached hydrogens (tertiary/aromatic N) is 2. The van der Waals surface area contributed by atoms with E-state index in [4.69, 9.17) is 10.2 Å². The molecule has 0 aromatic heterocycles. The van der Waals surface area contributed by atoms with Gasteiger partial charge in [-0.15, -0.1) is 0 Å². The molecule has 0 fully saturated rings. The quantitative estimate of drug-likeness (QED) is 0.309. The highest BCUT2D eigenvalue weighted by molar-refractivity contribution is 5.76. The Labute approximate surface area is 132 Å². The van der Waals surface area contributed by atoms with Gasteiger partial charge in [-0.25, -0.2) is 0 Å². The van der Waals surface area contributed by atoms with Crippen LogP contribution in [-0.4, -0.2) is 98.4 Å². The van der Waals surface area contributed by atoms with Gasteiger partial charge in [0.25, 0.3) is 0 Å². The largest absolute Gasteiger partial charge is 0.395 e. The van der Waals surface area contributed by atoms with Crippen molar-refractivity contribution in [2.45, 2.75) is 12.8 Å². The normalized spacial score (nSPS) is 11.0. The van der Waals surface area contributed by atoms with Crippen molar-refractivity contribution in [2.24, 2.45) is 0 Å². The monoisotopic (exact) mass is 318 g/mol. The molecule has 0 aromatic rings. The summed E-state index contributed by atoms with van der Waals surface area (Å²) in [5.74, 6) is -0.0694. The van der Waals surface area contributed by atoms with Crippen molar-refractivity contribution in [1.29, 1.82) is 0 Å². The molecule has 0 saturated carbocycles. The van der Waals surface area contributed by atoms with Gasteiger partial charge in [0.1, 0.15) is 0 Å². The Kier molecular flexibility index (Phi) is 12.7. The molecule has 0 bridgehead atoms. The number of amides is 2. The maximum absolute atomic E-state index is 11.4. The Morgan fingerprint density at radius 2 is 1.09 bits per heavy atom. The predicted octanol–water partition coefficient (Wildman–Crippen LogP) is -2.15. The van der Waals surface area contributed by atoms with Gasteiger partial charge in [0.15, 0.2) is 0 Å². The van der Waals surface area contributed by atoms with Crippen LogP contribution in [0.5, 0.6) is 0 Å². The fraction of sp³-hybridized carbons (Fsp3) is 0.857. The van der Waals surface area contributed by atoms with E-state index in [0.29, 0.717) is 52.1 Å². The van der Waals surface area contributed by atoms with Crippen molar-refractivity contribution in [3.05, 3.63) is 0 Å². The van der Waals surface area contributed by atoms with Gasteiger partial charge in [0.2, 0.25) is 11.8 Å². The summed E-state index contributed by atoms with van der Waals surface area (Å²) in [6.07, 6.45) is 0.758. The molecule has 0 saturated heterocycles. The highest BCUT2D eigenvalue weighted by Crippen LogP contribution is 1.97. The van der Waals surface area contributed by atoms with Crippen molar-refractivity contribution < 1.29 is 19.8 Å². The molecule has 2 amide bonds. The first-order valence-corrected chi connectivity index (χ1v) is 7.65. The number of aliphatic hydroxyl groups is 2. The van der Waals surface area contributed by atoms with E-state index in [1.54, 1.807) is 14.1 Å². The molecule has 0 aromatic carbocycles. The zero-order valence-corrected chi connectivity index (χ0v) is 13.7. The van der Waals surface area contributed by atoms with Gasteiger partial charge in [0.05, 0.1) is 13.2 Å². The second kappa shape index (κ2) is 13.4. The Morgan fingerprint density at radius 1 is 0.727 bits per heavy atom. The third-order valence-electron chi connectivity index (χ3n) is 3.43. The summed E-state index contributed by atoms with van der Waals surface area (Å²) in [6.45, 7) is 3.56. The molecule has 8 nitrogen and oxygen atoms in total. The summed E-state index contributed by atoms with van der Waals surface area (Å²) in [6, 6.07) is 0. The topological polar surface area (TPSA) is 105 Å². The van der Waals surface area contributed by atoms with E-state index in [1.807, 2.05) is 9.80 Å². The minimum absolute atomic E-state index is 0.0347. The van der Waals surface area contributed by atoms with Gasteiger partial charge in [-0.1, -0.05) is 0 Å². The average molecular weight is 318 g/mol. The summed E-state index contributed by atoms with van der Waals surface area (Å²) < 4.78 is 0. The molecular weight excluding hydrogens is 288 g/mol. The van der Waals surface area contributed by atoms with E-state index in [0.717, 1.165) is 0 Å². The molecule has 0 radical (unpaired) electrons. The van der Waals surface area contributed by atoms with Crippen molar-refractivity contribution in [3.63, 3.8) is 0 Å². The third kappa shape index (κ3) is 10.5. The van der Waals surface area contributed by atoms with Crippen LogP contribution in [0.4, 0.5) is 0 Å². The summed E-state index contributed by atoms with van der Waals surface area (Å²) in [4.78, 5) is 26.7. The van der Waals surface area contributed by atoms with Gasteiger partial charge >= 0.3 is 0 Å². The average Bonchev–Trinajstić information content (AvgIpc) is 2.53. The lowest BCUT2D eigenvalue weighted by Gasteiger charge is -2.26. The Hall–Kier alpha value is -1.22. The van der Waals surface area contributed by atoms with Gasteiger partial charge < -0.3 is 25.7 Å². The van der Waals surface area contributed by atoms with Crippen LogP contribution in [0, 0.1) is 0 Å². The lowest BCUT2D eigenvalue weighted by atomic mass is 10.3. The number of aliphatic hydroxyl groups excluding tert-OH is 2. The molecule has 0 aliphatic heterocycles. The van der Waals surface area contributed by atoms with E-state index < -0.39 is 0 Å². The molecule has 22 heavy (non-hydrogen) atoms. The number of hydrogen-bond donors (Lipinski definition) is 4. The van der Waals surface area contributed by atoms with Crippen molar-refractivity contribution in [2.75, 3.05) is 66.6 Å². The minimum atomic E-state index is -0.0347. The highest BCUT2D eigenvalue weighted by atomic mass is 16.3. The third-order valence-corrected chi connectivity index (χ3v) is 3.43. The molecule has 130 valence electrons. The first kappa shape index (κ1) is 20.8. The molecular formula is C14H30N4O4. The van der Waals surface area contributed by atoms with Gasteiger partial charge in [-0.05, 0) is 0 Å². The summed E-state index contributed by atoms with van der Waals surface area (Å²) in [5.41, 5.74) is 0. The van der Waals surface area contributed by atoms with Crippen LogP contribution in [0.3, 0.4) is 0 Å². The molecule has 0 atom stereocenters. The number of nitrogens with one attached hydrogen (secondary N) is 2. The Balaban J connectivity index is 4.34. The second-order valence-corrected chi connectivity index (χ2v) is 4.98. The van der Waals surface area contributed by atoms with Crippen LogP contribution in [0.1, 0.15) is 12.8 Å². The lowest BCUT2D eigenvalue weighted by molar-refractivity contribution is -0.120. The van der Waals surface area contributed by atoms with Crippen LogP contribution in [0.2, 0.25) is 0 Å². The van der Waals surface area contributed by atoms with Crippen LogP contribution < -0.4 is 10.6 Å². The minimum Gasteiger partial charge on any atom is -0.395 e. The van der Waals surface area contributed by atoms with Crippen LogP contribution in [0.25, 0.3) is 0 Å². The van der Waals surface area contributed by atoms with Gasteiger partial charge in [-0.2, -0.15) is 0 Å². The fourth-order valence-corrected chi connectivity index (χ4v) is 2.01. The van der Waals surface area contributed by atoms with Crippen molar-refractivity contribution in [3.8, 4) is 0 Å². The molecule has 0 heterocycles. The van der Waals surface area contributed by atoms with E-state index in [2.05, 4.69) is 10.6 Å². The molecule has 0 aliphatic rings. The molecule has 4 N–H and O–H groups in total. The van der Waals surface area contributed by atoms with Crippen molar-refractivity contribution in [1.82, 2.24) is 20.4 Å². The number of rotatable bonds is 13. The maximum Gasteiger partial charge on any atom is 0.221 e. The van der Waals surface area contributed by atoms with Crippen LogP contribution in [0.15, 0.2) is 0 Å². The van der Waals surface area contributed by atoms with Crippen LogP contribution >= 0.6 is 0 Å². The standard InChI is InChI=1S/C14H30N4O4/c1-15-13(21)3-5-17(6-4-14(22)16-2)7-8-18(9-11-19)10-12-20/h19-20H,3-12H2,1-2H3,(H,15,21)(H,16,22). The van der Waals surface area contributed by atoms with E-state index in [1.165, 1.54) is 0 Å². The first-order chi connectivity index (χ1) is 10.6. The lowest BCUT2D eigenvalue weighted by Crippen LogP contribution is -2.40. The first-order valence-electron chi connectivity index (χ1n) is 7.65. The molecule has 0 unspecified atom stereocenters. The smallest absolute Gasteiger partial charge is 0.221 e. The Morgan fingerprint density at radius 3 is 1.41 bits per heavy atom. The molecule has 8 heteroatoms. The molecule has 0 aliphatic carbocycles. The number of carbonyl (C=O) groups excluding carboxylic acids is 2.